The molecule has 128 valence electrons. The van der Waals surface area contributed by atoms with E-state index in [9.17, 15) is 14.3 Å². The lowest BCUT2D eigenvalue weighted by atomic mass is 10.1. The van der Waals surface area contributed by atoms with Gasteiger partial charge in [-0.3, -0.25) is 5.32 Å². The smallest absolute Gasteiger partial charge is 0.411 e. The topological polar surface area (TPSA) is 110 Å². The van der Waals surface area contributed by atoms with Crippen molar-refractivity contribution in [3.05, 3.63) is 41.2 Å². The molecule has 1 heterocycles. The molecule has 8 heteroatoms. The molecular formula is C16H19FN4O3. The monoisotopic (exact) mass is 334 g/mol. The van der Waals surface area contributed by atoms with E-state index in [1.807, 2.05) is 0 Å². The predicted molar refractivity (Wildman–Crippen MR) is 89.4 cm³/mol. The molecule has 0 spiro atoms. The highest BCUT2D eigenvalue weighted by Crippen LogP contribution is 2.25. The van der Waals surface area contributed by atoms with E-state index in [1.54, 1.807) is 32.0 Å². The van der Waals surface area contributed by atoms with Gasteiger partial charge in [-0.25, -0.2) is 14.2 Å². The van der Waals surface area contributed by atoms with E-state index < -0.39 is 11.9 Å². The average Bonchev–Trinajstić information content (AvgIpc) is 2.54. The average molecular weight is 334 g/mol. The molecule has 7 nitrogen and oxygen atoms in total. The number of halogens is 1. The molecule has 2 aromatic rings. The SMILES string of the molecule is CCOC(=O)Nc1ccc(NCc2ccc(F)c(O)c2C)nc1N. The molecule has 1 aromatic carbocycles. The summed E-state index contributed by atoms with van der Waals surface area (Å²) in [5, 5.41) is 15.1. The lowest BCUT2D eigenvalue weighted by Gasteiger charge is -2.12. The first-order valence-corrected chi connectivity index (χ1v) is 7.33. The van der Waals surface area contributed by atoms with Crippen LogP contribution >= 0.6 is 0 Å². The van der Waals surface area contributed by atoms with Crippen LogP contribution in [0.3, 0.4) is 0 Å². The fraction of sp³-hybridized carbons (Fsp3) is 0.250. The highest BCUT2D eigenvalue weighted by molar-refractivity contribution is 5.88. The van der Waals surface area contributed by atoms with Crippen LogP contribution in [0.1, 0.15) is 18.1 Å². The fourth-order valence-corrected chi connectivity index (χ4v) is 2.04. The largest absolute Gasteiger partial charge is 0.505 e. The number of hydrogen-bond donors (Lipinski definition) is 4. The Morgan fingerprint density at radius 2 is 2.12 bits per heavy atom. The molecule has 0 aliphatic carbocycles. The number of aromatic hydroxyl groups is 1. The van der Waals surface area contributed by atoms with Crippen molar-refractivity contribution >= 4 is 23.4 Å². The molecule has 0 saturated heterocycles. The summed E-state index contributed by atoms with van der Waals surface area (Å²) in [5.74, 6) is -0.416. The maximum atomic E-state index is 13.2. The standard InChI is InChI=1S/C16H19FN4O3/c1-3-24-16(23)20-12-6-7-13(21-15(12)18)19-8-10-4-5-11(17)14(22)9(10)2/h4-7,22H,3,8H2,1-2H3,(H,20,23)(H3,18,19,21). The van der Waals surface area contributed by atoms with Gasteiger partial charge in [0.25, 0.3) is 0 Å². The minimum absolute atomic E-state index is 0.131. The van der Waals surface area contributed by atoms with Crippen LogP contribution in [0.5, 0.6) is 5.75 Å². The number of phenolic OH excluding ortho intramolecular Hbond substituents is 1. The van der Waals surface area contributed by atoms with Crippen molar-refractivity contribution in [1.82, 2.24) is 4.98 Å². The van der Waals surface area contributed by atoms with Gasteiger partial charge in [0.2, 0.25) is 0 Å². The van der Waals surface area contributed by atoms with Crippen molar-refractivity contribution < 1.29 is 19.0 Å². The molecule has 0 atom stereocenters. The van der Waals surface area contributed by atoms with Gasteiger partial charge in [-0.1, -0.05) is 6.07 Å². The Hall–Kier alpha value is -3.03. The van der Waals surface area contributed by atoms with Crippen LogP contribution in [0.25, 0.3) is 0 Å². The minimum atomic E-state index is -0.659. The van der Waals surface area contributed by atoms with Gasteiger partial charge in [-0.15, -0.1) is 0 Å². The molecule has 0 fully saturated rings. The molecule has 0 unspecified atom stereocenters. The van der Waals surface area contributed by atoms with Crippen molar-refractivity contribution in [2.45, 2.75) is 20.4 Å². The first-order valence-electron chi connectivity index (χ1n) is 7.33. The van der Waals surface area contributed by atoms with Gasteiger partial charge in [0.05, 0.1) is 12.3 Å². The van der Waals surface area contributed by atoms with Crippen LogP contribution < -0.4 is 16.4 Å². The molecule has 1 aromatic heterocycles. The molecule has 0 aliphatic rings. The van der Waals surface area contributed by atoms with E-state index in [0.29, 0.717) is 23.6 Å². The molecule has 0 aliphatic heterocycles. The summed E-state index contributed by atoms with van der Waals surface area (Å²) < 4.78 is 18.0. The molecule has 0 saturated carbocycles. The molecule has 0 bridgehead atoms. The summed E-state index contributed by atoms with van der Waals surface area (Å²) >= 11 is 0. The molecule has 24 heavy (non-hydrogen) atoms. The summed E-state index contributed by atoms with van der Waals surface area (Å²) in [4.78, 5) is 15.5. The molecule has 1 amide bonds. The van der Waals surface area contributed by atoms with Gasteiger partial charge in [-0.2, -0.15) is 0 Å². The first kappa shape index (κ1) is 17.3. The number of anilines is 3. The number of aromatic nitrogens is 1. The van der Waals surface area contributed by atoms with Crippen LogP contribution in [0.2, 0.25) is 0 Å². The van der Waals surface area contributed by atoms with Crippen LogP contribution in [-0.2, 0) is 11.3 Å². The summed E-state index contributed by atoms with van der Waals surface area (Å²) in [7, 11) is 0. The van der Waals surface area contributed by atoms with Gasteiger partial charge in [0.15, 0.2) is 11.6 Å². The number of carbonyl (C=O) groups is 1. The number of nitrogen functional groups attached to an aromatic ring is 1. The number of benzene rings is 1. The van der Waals surface area contributed by atoms with Crippen LogP contribution in [-0.4, -0.2) is 22.8 Å². The molecule has 0 radical (unpaired) electrons. The van der Waals surface area contributed by atoms with E-state index in [2.05, 4.69) is 15.6 Å². The summed E-state index contributed by atoms with van der Waals surface area (Å²) in [6.45, 7) is 3.91. The third-order valence-electron chi connectivity index (χ3n) is 3.39. The Bertz CT molecular complexity index is 752. The van der Waals surface area contributed by atoms with E-state index in [-0.39, 0.29) is 18.2 Å². The van der Waals surface area contributed by atoms with Crippen LogP contribution in [0, 0.1) is 12.7 Å². The number of nitrogens with one attached hydrogen (secondary N) is 2. The Morgan fingerprint density at radius 3 is 2.79 bits per heavy atom. The van der Waals surface area contributed by atoms with Gasteiger partial charge in [0, 0.05) is 6.54 Å². The Kier molecular flexibility index (Phi) is 5.41. The number of pyridine rings is 1. The zero-order chi connectivity index (χ0) is 17.7. The molecule has 2 rings (SSSR count). The second-order valence-electron chi connectivity index (χ2n) is 5.01. The first-order chi connectivity index (χ1) is 11.4. The second-order valence-corrected chi connectivity index (χ2v) is 5.01. The summed E-state index contributed by atoms with van der Waals surface area (Å²) in [6.07, 6.45) is -0.607. The number of hydrogen-bond acceptors (Lipinski definition) is 6. The molecular weight excluding hydrogens is 315 g/mol. The van der Waals surface area contributed by atoms with Crippen molar-refractivity contribution in [2.24, 2.45) is 0 Å². The Balaban J connectivity index is 2.05. The van der Waals surface area contributed by atoms with Crippen molar-refractivity contribution in [3.8, 4) is 5.75 Å². The van der Waals surface area contributed by atoms with Crippen molar-refractivity contribution in [1.29, 1.82) is 0 Å². The lowest BCUT2D eigenvalue weighted by Crippen LogP contribution is -2.15. The number of ether oxygens (including phenoxy) is 1. The number of nitrogens with zero attached hydrogens (tertiary/aromatic N) is 1. The number of nitrogens with two attached hydrogens (primary N) is 1. The van der Waals surface area contributed by atoms with E-state index in [1.165, 1.54) is 6.07 Å². The highest BCUT2D eigenvalue weighted by atomic mass is 19.1. The second kappa shape index (κ2) is 7.49. The van der Waals surface area contributed by atoms with Gasteiger partial charge >= 0.3 is 6.09 Å². The number of phenols is 1. The quantitative estimate of drug-likeness (QED) is 0.669. The van der Waals surface area contributed by atoms with E-state index in [4.69, 9.17) is 10.5 Å². The highest BCUT2D eigenvalue weighted by Gasteiger charge is 2.10. The van der Waals surface area contributed by atoms with Crippen LogP contribution in [0.15, 0.2) is 24.3 Å². The molecule has 5 N–H and O–H groups in total. The fourth-order valence-electron chi connectivity index (χ4n) is 2.04. The van der Waals surface area contributed by atoms with Crippen molar-refractivity contribution in [2.75, 3.05) is 23.0 Å². The minimum Gasteiger partial charge on any atom is -0.505 e. The Morgan fingerprint density at radius 1 is 1.38 bits per heavy atom. The maximum absolute atomic E-state index is 13.2. The van der Waals surface area contributed by atoms with Gasteiger partial charge in [-0.05, 0) is 43.2 Å². The maximum Gasteiger partial charge on any atom is 0.411 e. The lowest BCUT2D eigenvalue weighted by molar-refractivity contribution is 0.168. The van der Waals surface area contributed by atoms with Crippen molar-refractivity contribution in [3.63, 3.8) is 0 Å². The summed E-state index contributed by atoms with van der Waals surface area (Å²) in [6, 6.07) is 6.01. The third kappa shape index (κ3) is 4.03. The van der Waals surface area contributed by atoms with Gasteiger partial charge in [0.1, 0.15) is 11.6 Å². The van der Waals surface area contributed by atoms with E-state index >= 15 is 0 Å². The predicted octanol–water partition coefficient (Wildman–Crippen LogP) is 3.00. The zero-order valence-corrected chi connectivity index (χ0v) is 13.4. The Labute approximate surface area is 138 Å². The van der Waals surface area contributed by atoms with Crippen LogP contribution in [0.4, 0.5) is 26.5 Å². The number of amides is 1. The zero-order valence-electron chi connectivity index (χ0n) is 13.4. The number of carbonyl (C=O) groups excluding carboxylic acids is 1. The number of rotatable bonds is 5. The van der Waals surface area contributed by atoms with Gasteiger partial charge < -0.3 is 20.9 Å². The normalized spacial score (nSPS) is 10.3. The van der Waals surface area contributed by atoms with E-state index in [0.717, 1.165) is 5.56 Å². The summed E-state index contributed by atoms with van der Waals surface area (Å²) in [5.41, 5.74) is 7.32. The third-order valence-corrected chi connectivity index (χ3v) is 3.39.